The number of halogens is 1. The summed E-state index contributed by atoms with van der Waals surface area (Å²) in [6.07, 6.45) is 8.69. The molecule has 0 radical (unpaired) electrons. The van der Waals surface area contributed by atoms with Gasteiger partial charge in [-0.3, -0.25) is 4.79 Å². The van der Waals surface area contributed by atoms with E-state index >= 15 is 0 Å². The third kappa shape index (κ3) is 5.42. The summed E-state index contributed by atoms with van der Waals surface area (Å²) in [7, 11) is 0. The first kappa shape index (κ1) is 22.9. The van der Waals surface area contributed by atoms with Gasteiger partial charge in [0.25, 0.3) is 11.8 Å². The van der Waals surface area contributed by atoms with Crippen LogP contribution in [0.25, 0.3) is 11.5 Å². The van der Waals surface area contributed by atoms with Crippen LogP contribution < -0.4 is 10.6 Å². The van der Waals surface area contributed by atoms with E-state index in [-0.39, 0.29) is 5.91 Å². The zero-order chi connectivity index (χ0) is 23.3. The Hall–Kier alpha value is -2.90. The van der Waals surface area contributed by atoms with Gasteiger partial charge in [-0.2, -0.15) is 0 Å². The fourth-order valence-electron chi connectivity index (χ4n) is 4.99. The van der Waals surface area contributed by atoms with Crippen molar-refractivity contribution in [2.75, 3.05) is 23.7 Å². The lowest BCUT2D eigenvalue weighted by atomic mass is 9.89. The normalized spacial score (nSPS) is 21.2. The molecule has 34 heavy (non-hydrogen) atoms. The third-order valence-corrected chi connectivity index (χ3v) is 7.16. The number of likely N-dealkylation sites (tertiary alicyclic amines) is 1. The first-order valence-electron chi connectivity index (χ1n) is 12.2. The van der Waals surface area contributed by atoms with Gasteiger partial charge in [0.1, 0.15) is 0 Å². The highest BCUT2D eigenvalue weighted by atomic mass is 35.5. The van der Waals surface area contributed by atoms with E-state index < -0.39 is 0 Å². The van der Waals surface area contributed by atoms with Crippen molar-refractivity contribution < 1.29 is 9.21 Å². The molecule has 3 aromatic rings. The van der Waals surface area contributed by atoms with Gasteiger partial charge in [-0.1, -0.05) is 41.3 Å². The minimum absolute atomic E-state index is 0.191. The van der Waals surface area contributed by atoms with Gasteiger partial charge in [-0.15, -0.1) is 5.10 Å². The molecule has 0 spiro atoms. The Morgan fingerprint density at radius 2 is 1.74 bits per heavy atom. The van der Waals surface area contributed by atoms with Gasteiger partial charge in [0, 0.05) is 23.3 Å². The highest BCUT2D eigenvalue weighted by Gasteiger charge is 2.27. The second-order valence-electron chi connectivity index (χ2n) is 9.17. The van der Waals surface area contributed by atoms with Crippen LogP contribution in [-0.2, 0) is 0 Å². The Morgan fingerprint density at radius 3 is 2.47 bits per heavy atom. The minimum atomic E-state index is -0.191. The summed E-state index contributed by atoms with van der Waals surface area (Å²) >= 11 is 6.48. The summed E-state index contributed by atoms with van der Waals surface area (Å²) in [4.78, 5) is 15.1. The molecule has 2 aliphatic rings. The maximum Gasteiger partial charge on any atom is 0.315 e. The standard InChI is InChI=1S/C26H30ClN5O2/c27-23-17-20(28-24(33)18-7-3-1-4-8-18)11-14-22(23)25-30-31-26(34-25)29-19-9-12-21(13-10-19)32-15-5-2-6-16-32/h1,3-4,7-8,11,14,17,19,21H,2,5-6,9-10,12-13,15-16H2,(H,28,33)(H,29,31). The molecule has 0 atom stereocenters. The summed E-state index contributed by atoms with van der Waals surface area (Å²) in [6.45, 7) is 2.51. The number of nitrogens with zero attached hydrogens (tertiary/aromatic N) is 3. The molecule has 1 saturated carbocycles. The lowest BCUT2D eigenvalue weighted by Crippen LogP contribution is -2.43. The zero-order valence-corrected chi connectivity index (χ0v) is 19.9. The van der Waals surface area contributed by atoms with Crippen molar-refractivity contribution in [1.29, 1.82) is 0 Å². The molecule has 1 aliphatic heterocycles. The molecule has 178 valence electrons. The van der Waals surface area contributed by atoms with Crippen molar-refractivity contribution >= 4 is 29.2 Å². The number of nitrogens with one attached hydrogen (secondary N) is 2. The summed E-state index contributed by atoms with van der Waals surface area (Å²) in [5.41, 5.74) is 1.82. The van der Waals surface area contributed by atoms with E-state index in [0.29, 0.717) is 39.8 Å². The Balaban J connectivity index is 1.17. The molecule has 1 saturated heterocycles. The maximum absolute atomic E-state index is 12.4. The molecule has 1 aliphatic carbocycles. The van der Waals surface area contributed by atoms with E-state index in [1.165, 1.54) is 45.2 Å². The number of aromatic nitrogens is 2. The highest BCUT2D eigenvalue weighted by molar-refractivity contribution is 6.33. The van der Waals surface area contributed by atoms with Crippen molar-refractivity contribution in [1.82, 2.24) is 15.1 Å². The third-order valence-electron chi connectivity index (χ3n) is 6.85. The summed E-state index contributed by atoms with van der Waals surface area (Å²) in [6, 6.07) is 15.8. The molecule has 7 nitrogen and oxygen atoms in total. The number of rotatable bonds is 6. The predicted octanol–water partition coefficient (Wildman–Crippen LogP) is 5.85. The Bertz CT molecular complexity index is 1110. The monoisotopic (exact) mass is 479 g/mol. The maximum atomic E-state index is 12.4. The smallest absolute Gasteiger partial charge is 0.315 e. The van der Waals surface area contributed by atoms with Crippen LogP contribution in [0.4, 0.5) is 11.7 Å². The van der Waals surface area contributed by atoms with E-state index in [2.05, 4.69) is 25.7 Å². The van der Waals surface area contributed by atoms with Crippen LogP contribution in [0.2, 0.25) is 5.02 Å². The van der Waals surface area contributed by atoms with Crippen LogP contribution in [-0.4, -0.2) is 46.2 Å². The van der Waals surface area contributed by atoms with E-state index in [1.807, 2.05) is 18.2 Å². The van der Waals surface area contributed by atoms with Crippen molar-refractivity contribution in [3.05, 3.63) is 59.1 Å². The van der Waals surface area contributed by atoms with Gasteiger partial charge in [0.2, 0.25) is 0 Å². The SMILES string of the molecule is O=C(Nc1ccc(-c2nnc(NC3CCC(N4CCCCC4)CC3)o2)c(Cl)c1)c1ccccc1. The molecular formula is C26H30ClN5O2. The lowest BCUT2D eigenvalue weighted by Gasteiger charge is -2.38. The van der Waals surface area contributed by atoms with Gasteiger partial charge >= 0.3 is 6.01 Å². The van der Waals surface area contributed by atoms with E-state index in [9.17, 15) is 4.79 Å². The highest BCUT2D eigenvalue weighted by Crippen LogP contribution is 2.32. The van der Waals surface area contributed by atoms with Crippen molar-refractivity contribution in [2.45, 2.75) is 57.0 Å². The molecule has 1 amide bonds. The zero-order valence-electron chi connectivity index (χ0n) is 19.2. The molecule has 2 aromatic carbocycles. The largest absolute Gasteiger partial charge is 0.403 e. The van der Waals surface area contributed by atoms with Crippen LogP contribution >= 0.6 is 11.6 Å². The number of carbonyl (C=O) groups is 1. The minimum Gasteiger partial charge on any atom is -0.403 e. The number of piperidine rings is 1. The van der Waals surface area contributed by atoms with Crippen molar-refractivity contribution in [2.24, 2.45) is 0 Å². The fraction of sp³-hybridized carbons (Fsp3) is 0.423. The first-order chi connectivity index (χ1) is 16.7. The molecule has 1 aromatic heterocycles. The second-order valence-corrected chi connectivity index (χ2v) is 9.58. The van der Waals surface area contributed by atoms with Gasteiger partial charge in [0.15, 0.2) is 0 Å². The summed E-state index contributed by atoms with van der Waals surface area (Å²) in [5, 5.41) is 15.1. The Labute approximate surface area is 204 Å². The quantitative estimate of drug-likeness (QED) is 0.461. The van der Waals surface area contributed by atoms with Crippen LogP contribution in [0.15, 0.2) is 52.9 Å². The van der Waals surface area contributed by atoms with Crippen LogP contribution in [0, 0.1) is 0 Å². The van der Waals surface area contributed by atoms with Gasteiger partial charge in [0.05, 0.1) is 10.6 Å². The first-order valence-corrected chi connectivity index (χ1v) is 12.5. The van der Waals surface area contributed by atoms with Crippen LogP contribution in [0.3, 0.4) is 0 Å². The van der Waals surface area contributed by atoms with Crippen LogP contribution in [0.5, 0.6) is 0 Å². The molecule has 0 unspecified atom stereocenters. The molecular weight excluding hydrogens is 450 g/mol. The number of anilines is 2. The predicted molar refractivity (Wildman–Crippen MR) is 134 cm³/mol. The van der Waals surface area contributed by atoms with Crippen molar-refractivity contribution in [3.63, 3.8) is 0 Å². The van der Waals surface area contributed by atoms with Gasteiger partial charge < -0.3 is 20.0 Å². The average molecular weight is 480 g/mol. The molecule has 2 fully saturated rings. The molecule has 2 heterocycles. The van der Waals surface area contributed by atoms with Crippen molar-refractivity contribution in [3.8, 4) is 11.5 Å². The number of carbonyl (C=O) groups excluding carboxylic acids is 1. The molecule has 8 heteroatoms. The lowest BCUT2D eigenvalue weighted by molar-refractivity contribution is 0.102. The van der Waals surface area contributed by atoms with Gasteiger partial charge in [-0.25, -0.2) is 0 Å². The molecule has 2 N–H and O–H groups in total. The second kappa shape index (κ2) is 10.6. The topological polar surface area (TPSA) is 83.3 Å². The average Bonchev–Trinajstić information content (AvgIpc) is 3.33. The number of hydrogen-bond acceptors (Lipinski definition) is 6. The molecule has 0 bridgehead atoms. The fourth-order valence-corrected chi connectivity index (χ4v) is 5.25. The van der Waals surface area contributed by atoms with Crippen LogP contribution in [0.1, 0.15) is 55.3 Å². The number of benzene rings is 2. The Morgan fingerprint density at radius 1 is 0.971 bits per heavy atom. The van der Waals surface area contributed by atoms with E-state index in [0.717, 1.165) is 18.9 Å². The van der Waals surface area contributed by atoms with Gasteiger partial charge in [-0.05, 0) is 81.9 Å². The summed E-state index contributed by atoms with van der Waals surface area (Å²) in [5.74, 6) is 0.166. The van der Waals surface area contributed by atoms with E-state index in [1.54, 1.807) is 30.3 Å². The molecule has 5 rings (SSSR count). The number of hydrogen-bond donors (Lipinski definition) is 2. The van der Waals surface area contributed by atoms with E-state index in [4.69, 9.17) is 16.0 Å². The summed E-state index contributed by atoms with van der Waals surface area (Å²) < 4.78 is 5.87. The number of amides is 1. The Kier molecular flexibility index (Phi) is 7.11.